The Labute approximate surface area is 44.2 Å². The van der Waals surface area contributed by atoms with Crippen LogP contribution >= 0.6 is 11.8 Å². The fourth-order valence-electron chi connectivity index (χ4n) is 0.253. The highest BCUT2D eigenvalue weighted by Gasteiger charge is 1.87. The lowest BCUT2D eigenvalue weighted by atomic mass is 10.8. The zero-order valence-electron chi connectivity index (χ0n) is 3.30. The summed E-state index contributed by atoms with van der Waals surface area (Å²) < 4.78 is 4.96. The number of hydrogen-bond acceptors (Lipinski definition) is 2. The first kappa shape index (κ1) is 4.46. The first-order valence-electron chi connectivity index (χ1n) is 1.64. The molecule has 0 bridgehead atoms. The van der Waals surface area contributed by atoms with E-state index in [2.05, 4.69) is 4.52 Å². The average Bonchev–Trinajstić information content (AvgIpc) is 1.91. The quantitative estimate of drug-likeness (QED) is 0.497. The van der Waals surface area contributed by atoms with E-state index in [1.54, 1.807) is 0 Å². The highest BCUT2D eigenvalue weighted by molar-refractivity contribution is 6.14. The van der Waals surface area contributed by atoms with E-state index in [-0.39, 0.29) is 5.56 Å². The van der Waals surface area contributed by atoms with Gasteiger partial charge in [-0.2, -0.15) is 0 Å². The molecule has 0 aliphatic rings. The van der Waals surface area contributed by atoms with Crippen LogP contribution in [0.4, 0.5) is 0 Å². The van der Waals surface area contributed by atoms with Crippen molar-refractivity contribution in [3.63, 3.8) is 0 Å². The van der Waals surface area contributed by atoms with Crippen LogP contribution in [-0.2, 0) is 0 Å². The summed E-state index contributed by atoms with van der Waals surface area (Å²) in [5, 5.41) is 0. The Morgan fingerprint density at radius 2 is 2.57 bits per heavy atom. The van der Waals surface area contributed by atoms with Crippen LogP contribution in [0.25, 0.3) is 0 Å². The summed E-state index contributed by atoms with van der Waals surface area (Å²) in [5.41, 5.74) is -0.346. The zero-order valence-corrected chi connectivity index (χ0v) is 4.05. The second kappa shape index (κ2) is 1.42. The number of aromatic nitrogens is 1. The SMILES string of the molecule is O=c1ccon1Cl. The predicted molar refractivity (Wildman–Crippen MR) is 24.2 cm³/mol. The molecule has 38 valence electrons. The molecule has 0 saturated heterocycles. The summed E-state index contributed by atoms with van der Waals surface area (Å²) in [6.45, 7) is 0. The van der Waals surface area contributed by atoms with Crippen molar-refractivity contribution in [2.45, 2.75) is 0 Å². The number of hydrogen-bond donors (Lipinski definition) is 0. The van der Waals surface area contributed by atoms with Crippen molar-refractivity contribution in [1.29, 1.82) is 0 Å². The van der Waals surface area contributed by atoms with Crippen LogP contribution < -0.4 is 5.56 Å². The third-order valence-corrected chi connectivity index (χ3v) is 0.784. The molecule has 1 aromatic rings. The lowest BCUT2D eigenvalue weighted by Crippen LogP contribution is -2.01. The highest BCUT2D eigenvalue weighted by atomic mass is 35.5. The molecule has 0 N–H and O–H groups in total. The second-order valence-electron chi connectivity index (χ2n) is 0.991. The van der Waals surface area contributed by atoms with Gasteiger partial charge in [0, 0.05) is 6.07 Å². The molecule has 1 aromatic heterocycles. The van der Waals surface area contributed by atoms with Crippen molar-refractivity contribution >= 4 is 11.8 Å². The largest absolute Gasteiger partial charge is 0.368 e. The van der Waals surface area contributed by atoms with Gasteiger partial charge in [-0.05, 0) is 0 Å². The highest BCUT2D eigenvalue weighted by Crippen LogP contribution is 1.80. The van der Waals surface area contributed by atoms with Crippen molar-refractivity contribution in [3.05, 3.63) is 22.7 Å². The van der Waals surface area contributed by atoms with E-state index in [0.29, 0.717) is 4.26 Å². The standard InChI is InChI=1S/C3H2ClNO2/c4-5-3(6)1-2-7-5/h1-2H. The maximum Gasteiger partial charge on any atom is 0.299 e. The summed E-state index contributed by atoms with van der Waals surface area (Å²) in [6, 6.07) is 1.23. The first-order chi connectivity index (χ1) is 3.30. The fourth-order valence-corrected chi connectivity index (χ4v) is 0.355. The van der Waals surface area contributed by atoms with E-state index < -0.39 is 0 Å². The van der Waals surface area contributed by atoms with Crippen molar-refractivity contribution < 1.29 is 4.52 Å². The van der Waals surface area contributed by atoms with Gasteiger partial charge in [-0.1, -0.05) is 4.26 Å². The van der Waals surface area contributed by atoms with Gasteiger partial charge in [-0.25, -0.2) is 0 Å². The van der Waals surface area contributed by atoms with Crippen molar-refractivity contribution in [3.8, 4) is 0 Å². The number of halogens is 1. The summed E-state index contributed by atoms with van der Waals surface area (Å²) >= 11 is 5.06. The molecule has 7 heavy (non-hydrogen) atoms. The van der Waals surface area contributed by atoms with Crippen LogP contribution in [0.3, 0.4) is 0 Å². The lowest BCUT2D eigenvalue weighted by molar-refractivity contribution is 0.374. The van der Waals surface area contributed by atoms with E-state index in [0.717, 1.165) is 0 Å². The molecule has 0 aliphatic carbocycles. The molecule has 0 radical (unpaired) electrons. The molecule has 0 spiro atoms. The van der Waals surface area contributed by atoms with Crippen LogP contribution in [0.2, 0.25) is 0 Å². The number of nitrogens with zero attached hydrogens (tertiary/aromatic N) is 1. The normalized spacial score (nSPS) is 9.29. The summed E-state index contributed by atoms with van der Waals surface area (Å²) in [5.74, 6) is 0. The van der Waals surface area contributed by atoms with Crippen LogP contribution in [0, 0.1) is 0 Å². The fraction of sp³-hybridized carbons (Fsp3) is 0. The first-order valence-corrected chi connectivity index (χ1v) is 1.98. The van der Waals surface area contributed by atoms with Crippen LogP contribution in [-0.4, -0.2) is 4.26 Å². The minimum absolute atomic E-state index is 0.346. The van der Waals surface area contributed by atoms with Gasteiger partial charge in [-0.3, -0.25) is 4.79 Å². The van der Waals surface area contributed by atoms with E-state index in [9.17, 15) is 4.79 Å². The topological polar surface area (TPSA) is 35.1 Å². The Hall–Kier alpha value is -0.700. The van der Waals surface area contributed by atoms with Crippen LogP contribution in [0.5, 0.6) is 0 Å². The van der Waals surface area contributed by atoms with E-state index in [4.69, 9.17) is 11.8 Å². The molecular weight excluding hydrogens is 117 g/mol. The third-order valence-electron chi connectivity index (χ3n) is 0.537. The maximum atomic E-state index is 10.2. The Balaban J connectivity index is 3.39. The summed E-state index contributed by atoms with van der Waals surface area (Å²) in [6.07, 6.45) is 1.22. The van der Waals surface area contributed by atoms with Gasteiger partial charge in [0.1, 0.15) is 6.26 Å². The molecule has 1 rings (SSSR count). The van der Waals surface area contributed by atoms with Gasteiger partial charge in [0.25, 0.3) is 5.56 Å². The van der Waals surface area contributed by atoms with Crippen LogP contribution in [0.1, 0.15) is 0 Å². The van der Waals surface area contributed by atoms with Crippen LogP contribution in [0.15, 0.2) is 21.6 Å². The van der Waals surface area contributed by atoms with Gasteiger partial charge in [0.15, 0.2) is 0 Å². The molecule has 0 unspecified atom stereocenters. The lowest BCUT2D eigenvalue weighted by Gasteiger charge is -1.72. The molecule has 0 aromatic carbocycles. The van der Waals surface area contributed by atoms with Crippen molar-refractivity contribution in [2.75, 3.05) is 0 Å². The maximum absolute atomic E-state index is 10.2. The summed E-state index contributed by atoms with van der Waals surface area (Å²) in [7, 11) is 0. The minimum atomic E-state index is -0.346. The molecule has 4 heteroatoms. The van der Waals surface area contributed by atoms with Gasteiger partial charge < -0.3 is 4.52 Å². The second-order valence-corrected chi connectivity index (χ2v) is 1.30. The number of rotatable bonds is 0. The third kappa shape index (κ3) is 0.667. The zero-order chi connectivity index (χ0) is 5.28. The van der Waals surface area contributed by atoms with Crippen molar-refractivity contribution in [1.82, 2.24) is 4.26 Å². The molecule has 0 atom stereocenters. The van der Waals surface area contributed by atoms with E-state index in [1.165, 1.54) is 12.3 Å². The molecule has 0 aliphatic heterocycles. The van der Waals surface area contributed by atoms with E-state index >= 15 is 0 Å². The van der Waals surface area contributed by atoms with Gasteiger partial charge in [-0.15, -0.1) is 0 Å². The molecule has 0 fully saturated rings. The predicted octanol–water partition coefficient (Wildman–Crippen LogP) is 0.443. The van der Waals surface area contributed by atoms with Gasteiger partial charge in [0.2, 0.25) is 0 Å². The van der Waals surface area contributed by atoms with Gasteiger partial charge in [0.05, 0.1) is 11.8 Å². The molecular formula is C3H2ClNO2. The molecule has 1 heterocycles. The molecule has 0 amide bonds. The Morgan fingerprint density at radius 1 is 1.86 bits per heavy atom. The Bertz CT molecular complexity index is 201. The monoisotopic (exact) mass is 119 g/mol. The Kier molecular flexibility index (Phi) is 0.906. The molecule has 0 saturated carbocycles. The van der Waals surface area contributed by atoms with Crippen molar-refractivity contribution in [2.24, 2.45) is 0 Å². The summed E-state index contributed by atoms with van der Waals surface area (Å²) in [4.78, 5) is 10.2. The Morgan fingerprint density at radius 3 is 2.71 bits per heavy atom. The van der Waals surface area contributed by atoms with E-state index in [1.807, 2.05) is 0 Å². The molecule has 3 nitrogen and oxygen atoms in total. The van der Waals surface area contributed by atoms with Gasteiger partial charge >= 0.3 is 0 Å². The minimum Gasteiger partial charge on any atom is -0.368 e. The smallest absolute Gasteiger partial charge is 0.299 e. The average molecular weight is 120 g/mol.